The highest BCUT2D eigenvalue weighted by molar-refractivity contribution is 5.96. The number of nitrogens with zero attached hydrogens (tertiary/aromatic N) is 3. The molecule has 1 aromatic rings. The first-order chi connectivity index (χ1) is 15.3. The first-order valence-corrected chi connectivity index (χ1v) is 10.4. The van der Waals surface area contributed by atoms with Crippen molar-refractivity contribution < 1.29 is 9.18 Å². The van der Waals surface area contributed by atoms with Gasteiger partial charge in [0.05, 0.1) is 6.54 Å². The molecular weight excluding hydrogens is 409 g/mol. The number of H-pyrrole nitrogens is 1. The number of aromatic amines is 1. The molecule has 8 heteroatoms. The van der Waals surface area contributed by atoms with Crippen LogP contribution in [-0.2, 0) is 11.3 Å². The molecule has 0 spiro atoms. The van der Waals surface area contributed by atoms with Gasteiger partial charge in [0.25, 0.3) is 11.5 Å². The molecule has 0 aliphatic carbocycles. The van der Waals surface area contributed by atoms with Crippen molar-refractivity contribution in [1.82, 2.24) is 25.4 Å². The Morgan fingerprint density at radius 1 is 1.34 bits per heavy atom. The van der Waals surface area contributed by atoms with Gasteiger partial charge in [-0.1, -0.05) is 57.0 Å². The summed E-state index contributed by atoms with van der Waals surface area (Å²) in [7, 11) is 0. The number of hydrogen-bond acceptors (Lipinski definition) is 5. The van der Waals surface area contributed by atoms with Crippen LogP contribution in [0.3, 0.4) is 0 Å². The Balaban J connectivity index is 2.05. The van der Waals surface area contributed by atoms with E-state index in [0.29, 0.717) is 11.7 Å². The third-order valence-electron chi connectivity index (χ3n) is 5.26. The van der Waals surface area contributed by atoms with Crippen LogP contribution in [0.4, 0.5) is 4.39 Å². The normalized spacial score (nSPS) is 19.8. The van der Waals surface area contributed by atoms with Crippen molar-refractivity contribution in [1.29, 1.82) is 0 Å². The molecule has 1 aromatic heterocycles. The maximum Gasteiger partial charge on any atom is 0.274 e. The molecule has 1 fully saturated rings. The summed E-state index contributed by atoms with van der Waals surface area (Å²) in [5.74, 6) is -0.485. The van der Waals surface area contributed by atoms with Crippen molar-refractivity contribution in [3.63, 3.8) is 0 Å². The molecule has 2 atom stereocenters. The molecule has 2 heterocycles. The Labute approximate surface area is 187 Å². The van der Waals surface area contributed by atoms with Crippen LogP contribution in [0.1, 0.15) is 31.3 Å². The van der Waals surface area contributed by atoms with Crippen LogP contribution in [0, 0.1) is 5.92 Å². The molecule has 0 bridgehead atoms. The Kier molecular flexibility index (Phi) is 9.22. The van der Waals surface area contributed by atoms with Gasteiger partial charge in [0, 0.05) is 31.1 Å². The number of allylic oxidation sites excluding steroid dienone is 5. The first kappa shape index (κ1) is 24.9. The van der Waals surface area contributed by atoms with Crippen molar-refractivity contribution in [2.45, 2.75) is 26.3 Å². The topological polar surface area (TPSA) is 91.0 Å². The monoisotopic (exact) mass is 439 g/mol. The Morgan fingerprint density at radius 3 is 2.69 bits per heavy atom. The van der Waals surface area contributed by atoms with Crippen LogP contribution < -0.4 is 10.9 Å². The zero-order valence-corrected chi connectivity index (χ0v) is 18.6. The largest absolute Gasteiger partial charge is 0.346 e. The van der Waals surface area contributed by atoms with Gasteiger partial charge in [-0.2, -0.15) is 0 Å². The number of halogens is 1. The summed E-state index contributed by atoms with van der Waals surface area (Å²) in [6, 6.07) is 0. The van der Waals surface area contributed by atoms with Gasteiger partial charge in [-0.05, 0) is 24.5 Å². The van der Waals surface area contributed by atoms with E-state index >= 15 is 0 Å². The second-order valence-corrected chi connectivity index (χ2v) is 7.66. The van der Waals surface area contributed by atoms with Crippen molar-refractivity contribution >= 4 is 5.91 Å². The lowest BCUT2D eigenvalue weighted by atomic mass is 9.97. The number of likely N-dealkylation sites (tertiary alicyclic amines) is 1. The fraction of sp³-hybridized carbons (Fsp3) is 0.333. The summed E-state index contributed by atoms with van der Waals surface area (Å²) < 4.78 is 12.9. The quantitative estimate of drug-likeness (QED) is 0.432. The van der Waals surface area contributed by atoms with E-state index in [-0.39, 0.29) is 23.7 Å². The van der Waals surface area contributed by atoms with E-state index in [0.717, 1.165) is 25.7 Å². The summed E-state index contributed by atoms with van der Waals surface area (Å²) in [6.07, 6.45) is 9.93. The van der Waals surface area contributed by atoms with Gasteiger partial charge < -0.3 is 10.3 Å². The Morgan fingerprint density at radius 2 is 2.09 bits per heavy atom. The molecule has 1 aliphatic heterocycles. The smallest absolute Gasteiger partial charge is 0.274 e. The predicted octanol–water partition coefficient (Wildman–Crippen LogP) is 3.10. The van der Waals surface area contributed by atoms with E-state index in [9.17, 15) is 14.0 Å². The molecule has 2 unspecified atom stereocenters. The zero-order valence-electron chi connectivity index (χ0n) is 18.6. The summed E-state index contributed by atoms with van der Waals surface area (Å²) in [5, 5.41) is 10.7. The van der Waals surface area contributed by atoms with E-state index in [1.54, 1.807) is 6.08 Å². The van der Waals surface area contributed by atoms with Crippen LogP contribution >= 0.6 is 0 Å². The fourth-order valence-corrected chi connectivity index (χ4v) is 3.55. The minimum atomic E-state index is -0.768. The average Bonchev–Trinajstić information content (AvgIpc) is 3.13. The van der Waals surface area contributed by atoms with Gasteiger partial charge >= 0.3 is 0 Å². The lowest BCUT2D eigenvalue weighted by Gasteiger charge is -2.16. The average molecular weight is 440 g/mol. The summed E-state index contributed by atoms with van der Waals surface area (Å²) >= 11 is 0. The summed E-state index contributed by atoms with van der Waals surface area (Å²) in [6.45, 7) is 16.7. The predicted molar refractivity (Wildman–Crippen MR) is 124 cm³/mol. The van der Waals surface area contributed by atoms with Crippen molar-refractivity contribution in [2.75, 3.05) is 19.6 Å². The molecule has 1 aliphatic rings. The van der Waals surface area contributed by atoms with Crippen LogP contribution in [0.15, 0.2) is 78.0 Å². The van der Waals surface area contributed by atoms with Gasteiger partial charge in [0.2, 0.25) is 0 Å². The van der Waals surface area contributed by atoms with E-state index in [1.165, 1.54) is 11.6 Å². The van der Waals surface area contributed by atoms with E-state index in [1.807, 2.05) is 19.1 Å². The molecule has 7 nitrogen and oxygen atoms in total. The maximum atomic E-state index is 12.9. The van der Waals surface area contributed by atoms with Gasteiger partial charge in [0.15, 0.2) is 0 Å². The lowest BCUT2D eigenvalue weighted by molar-refractivity contribution is -0.117. The number of hydrogen-bond donors (Lipinski definition) is 2. The molecule has 0 saturated carbocycles. The van der Waals surface area contributed by atoms with Crippen LogP contribution in [0.5, 0.6) is 0 Å². The Hall–Kier alpha value is -3.39. The number of carbonyl (C=O) groups excluding carboxylic acids is 1. The van der Waals surface area contributed by atoms with Gasteiger partial charge in [-0.25, -0.2) is 4.39 Å². The molecule has 2 rings (SSSR count). The third kappa shape index (κ3) is 6.81. The summed E-state index contributed by atoms with van der Waals surface area (Å²) in [4.78, 5) is 29.7. The standard InChI is InChI=1S/C24H30FN5O2/c1-6-9-10-18(7-2)14-30-13-16(4)20(15-30)22-27-24(32)21(28-29-22)12-26-23(31)19(8-3)11-17(5)25/h6-11,16,20H,1,3,5,12-15H2,2,4H3,(H,26,31)(H,27,29,32)/b10-9-,18-7+,19-11+. The second-order valence-electron chi connectivity index (χ2n) is 7.66. The molecule has 1 amide bonds. The number of carbonyl (C=O) groups is 1. The first-order valence-electron chi connectivity index (χ1n) is 10.4. The van der Waals surface area contributed by atoms with Crippen molar-refractivity contribution in [3.05, 3.63) is 95.0 Å². The number of rotatable bonds is 10. The van der Waals surface area contributed by atoms with Gasteiger partial charge in [-0.15, -0.1) is 10.2 Å². The molecule has 0 radical (unpaired) electrons. The highest BCUT2D eigenvalue weighted by Gasteiger charge is 2.33. The lowest BCUT2D eigenvalue weighted by Crippen LogP contribution is -2.30. The minimum absolute atomic E-state index is 0.00168. The van der Waals surface area contributed by atoms with E-state index in [2.05, 4.69) is 58.1 Å². The minimum Gasteiger partial charge on any atom is -0.346 e. The number of nitrogens with one attached hydrogen (secondary N) is 2. The van der Waals surface area contributed by atoms with Gasteiger partial charge in [0.1, 0.15) is 17.3 Å². The SMILES string of the molecule is C=C/C=C\C(=C/C)CN1CC(C)C(c2nnc(CNC(=O)/C(C=C)=C/C(=C)F)c(=O)[nH]2)C1. The van der Waals surface area contributed by atoms with Crippen LogP contribution in [0.25, 0.3) is 0 Å². The van der Waals surface area contributed by atoms with Crippen molar-refractivity contribution in [3.8, 4) is 0 Å². The van der Waals surface area contributed by atoms with E-state index < -0.39 is 17.3 Å². The second kappa shape index (κ2) is 11.9. The highest BCUT2D eigenvalue weighted by atomic mass is 19.1. The summed E-state index contributed by atoms with van der Waals surface area (Å²) in [5.41, 5.74) is 0.843. The molecule has 1 saturated heterocycles. The molecule has 170 valence electrons. The fourth-order valence-electron chi connectivity index (χ4n) is 3.55. The van der Waals surface area contributed by atoms with Gasteiger partial charge in [-0.3, -0.25) is 14.5 Å². The molecule has 32 heavy (non-hydrogen) atoms. The third-order valence-corrected chi connectivity index (χ3v) is 5.26. The van der Waals surface area contributed by atoms with E-state index in [4.69, 9.17) is 0 Å². The molecule has 2 N–H and O–H groups in total. The van der Waals surface area contributed by atoms with Crippen LogP contribution in [-0.4, -0.2) is 45.6 Å². The van der Waals surface area contributed by atoms with Crippen molar-refractivity contribution in [2.24, 2.45) is 5.92 Å². The zero-order chi connectivity index (χ0) is 23.7. The number of aromatic nitrogens is 3. The van der Waals surface area contributed by atoms with Crippen LogP contribution in [0.2, 0.25) is 0 Å². The Bertz CT molecular complexity index is 1020. The highest BCUT2D eigenvalue weighted by Crippen LogP contribution is 2.30. The number of amides is 1. The maximum absolute atomic E-state index is 12.9. The molecule has 0 aromatic carbocycles. The molecular formula is C24H30FN5O2.